The van der Waals surface area contributed by atoms with Gasteiger partial charge in [-0.1, -0.05) is 0 Å². The predicted octanol–water partition coefficient (Wildman–Crippen LogP) is 1.71. The van der Waals surface area contributed by atoms with Gasteiger partial charge in [-0.3, -0.25) is 4.79 Å². The lowest BCUT2D eigenvalue weighted by Gasteiger charge is -2.15. The van der Waals surface area contributed by atoms with Gasteiger partial charge in [-0.2, -0.15) is 0 Å². The Bertz CT molecular complexity index is 377. The molecule has 0 fully saturated rings. The van der Waals surface area contributed by atoms with Crippen LogP contribution >= 0.6 is 24.8 Å². The first kappa shape index (κ1) is 21.2. The molecule has 0 aliphatic rings. The van der Waals surface area contributed by atoms with Crippen LogP contribution in [-0.4, -0.2) is 36.7 Å². The number of carbonyl (C=O) groups is 1. The van der Waals surface area contributed by atoms with Crippen LogP contribution in [0.15, 0.2) is 12.4 Å². The summed E-state index contributed by atoms with van der Waals surface area (Å²) in [6.45, 7) is 0.592. The molecule has 1 atom stereocenters. The van der Waals surface area contributed by atoms with Crippen molar-refractivity contribution in [3.63, 3.8) is 0 Å². The van der Waals surface area contributed by atoms with E-state index >= 15 is 0 Å². The second-order valence-corrected chi connectivity index (χ2v) is 3.91. The molecule has 20 heavy (non-hydrogen) atoms. The lowest BCUT2D eigenvalue weighted by Crippen LogP contribution is -2.11. The molecule has 0 saturated heterocycles. The van der Waals surface area contributed by atoms with E-state index in [1.54, 1.807) is 12.4 Å². The van der Waals surface area contributed by atoms with Crippen LogP contribution < -0.4 is 10.5 Å². The van der Waals surface area contributed by atoms with E-state index in [9.17, 15) is 4.79 Å². The third kappa shape index (κ3) is 6.88. The second kappa shape index (κ2) is 11.7. The summed E-state index contributed by atoms with van der Waals surface area (Å²) in [5.74, 6) is -0.209. The zero-order valence-electron chi connectivity index (χ0n) is 11.6. The molecule has 0 aromatic carbocycles. The van der Waals surface area contributed by atoms with E-state index in [0.29, 0.717) is 19.0 Å². The largest absolute Gasteiger partial charge is 0.469 e. The Kier molecular flexibility index (Phi) is 12.4. The average Bonchev–Trinajstić information content (AvgIpc) is 2.43. The van der Waals surface area contributed by atoms with E-state index in [1.807, 2.05) is 0 Å². The van der Waals surface area contributed by atoms with Crippen LogP contribution in [0.3, 0.4) is 0 Å². The number of hydrogen-bond donors (Lipinski definition) is 1. The first-order chi connectivity index (χ1) is 8.71. The van der Waals surface area contributed by atoms with Gasteiger partial charge in [0, 0.05) is 12.4 Å². The number of hydrogen-bond acceptors (Lipinski definition) is 6. The lowest BCUT2D eigenvalue weighted by atomic mass is 9.93. The number of ether oxygens (including phenoxy) is 2. The van der Waals surface area contributed by atoms with E-state index < -0.39 is 0 Å². The zero-order valence-corrected chi connectivity index (χ0v) is 13.2. The summed E-state index contributed by atoms with van der Waals surface area (Å²) in [4.78, 5) is 19.4. The Morgan fingerprint density at radius 3 is 2.35 bits per heavy atom. The van der Waals surface area contributed by atoms with Crippen LogP contribution in [0.1, 0.15) is 30.7 Å². The number of nitrogens with zero attached hydrogens (tertiary/aromatic N) is 2. The maximum atomic E-state index is 11.4. The highest BCUT2D eigenvalue weighted by Crippen LogP contribution is 2.24. The third-order valence-corrected chi connectivity index (χ3v) is 2.70. The van der Waals surface area contributed by atoms with Gasteiger partial charge >= 0.3 is 12.0 Å². The van der Waals surface area contributed by atoms with Crippen molar-refractivity contribution in [3.05, 3.63) is 18.0 Å². The molecule has 0 aliphatic heterocycles. The SMILES string of the molecule is COC(=O)CC(CCCN)c1cnc(OC)nc1.Cl.Cl. The Morgan fingerprint density at radius 1 is 1.30 bits per heavy atom. The van der Waals surface area contributed by atoms with Crippen molar-refractivity contribution in [2.75, 3.05) is 20.8 Å². The van der Waals surface area contributed by atoms with Gasteiger partial charge in [0.15, 0.2) is 0 Å². The molecule has 116 valence electrons. The van der Waals surface area contributed by atoms with Gasteiger partial charge < -0.3 is 15.2 Å². The molecular formula is C12H21Cl2N3O3. The lowest BCUT2D eigenvalue weighted by molar-refractivity contribution is -0.141. The fourth-order valence-electron chi connectivity index (χ4n) is 1.68. The average molecular weight is 326 g/mol. The molecule has 8 heteroatoms. The molecule has 0 saturated carbocycles. The van der Waals surface area contributed by atoms with Crippen LogP contribution in [0.25, 0.3) is 0 Å². The maximum absolute atomic E-state index is 11.4. The highest BCUT2D eigenvalue weighted by molar-refractivity contribution is 5.85. The van der Waals surface area contributed by atoms with Crippen molar-refractivity contribution >= 4 is 30.8 Å². The summed E-state index contributed by atoms with van der Waals surface area (Å²) in [6, 6.07) is 0.314. The molecular weight excluding hydrogens is 305 g/mol. The highest BCUT2D eigenvalue weighted by atomic mass is 35.5. The quantitative estimate of drug-likeness (QED) is 0.768. The molecule has 6 nitrogen and oxygen atoms in total. The molecule has 1 heterocycles. The fraction of sp³-hybridized carbons (Fsp3) is 0.583. The molecule has 1 aromatic heterocycles. The van der Waals surface area contributed by atoms with Gasteiger partial charge in [0.25, 0.3) is 0 Å². The second-order valence-electron chi connectivity index (χ2n) is 3.91. The van der Waals surface area contributed by atoms with E-state index in [0.717, 1.165) is 18.4 Å². The van der Waals surface area contributed by atoms with E-state index in [1.165, 1.54) is 14.2 Å². The summed E-state index contributed by atoms with van der Waals surface area (Å²) in [5.41, 5.74) is 6.39. The topological polar surface area (TPSA) is 87.3 Å². The van der Waals surface area contributed by atoms with Gasteiger partial charge in [-0.05, 0) is 30.9 Å². The van der Waals surface area contributed by atoms with E-state index in [-0.39, 0.29) is 36.7 Å². The van der Waals surface area contributed by atoms with Crippen molar-refractivity contribution in [3.8, 4) is 6.01 Å². The van der Waals surface area contributed by atoms with Gasteiger partial charge in [-0.25, -0.2) is 9.97 Å². The molecule has 1 aromatic rings. The molecule has 1 unspecified atom stereocenters. The summed E-state index contributed by atoms with van der Waals surface area (Å²) in [5, 5.41) is 0. The summed E-state index contributed by atoms with van der Waals surface area (Å²) in [7, 11) is 2.89. The highest BCUT2D eigenvalue weighted by Gasteiger charge is 2.17. The molecule has 2 N–H and O–H groups in total. The van der Waals surface area contributed by atoms with Crippen LogP contribution in [0.4, 0.5) is 0 Å². The fourth-order valence-corrected chi connectivity index (χ4v) is 1.68. The number of aromatic nitrogens is 2. The van der Waals surface area contributed by atoms with Crippen molar-refractivity contribution in [1.82, 2.24) is 9.97 Å². The molecule has 0 bridgehead atoms. The maximum Gasteiger partial charge on any atom is 0.316 e. The number of methoxy groups -OCH3 is 2. The van der Waals surface area contributed by atoms with Crippen LogP contribution in [0.5, 0.6) is 6.01 Å². The number of nitrogens with two attached hydrogens (primary N) is 1. The number of carbonyl (C=O) groups excluding carboxylic acids is 1. The first-order valence-electron chi connectivity index (χ1n) is 5.84. The first-order valence-corrected chi connectivity index (χ1v) is 5.84. The summed E-state index contributed by atoms with van der Waals surface area (Å²) in [6.07, 6.45) is 5.31. The van der Waals surface area contributed by atoms with Gasteiger partial charge in [0.2, 0.25) is 0 Å². The smallest absolute Gasteiger partial charge is 0.316 e. The van der Waals surface area contributed by atoms with Crippen molar-refractivity contribution < 1.29 is 14.3 Å². The van der Waals surface area contributed by atoms with Gasteiger partial charge in [0.1, 0.15) is 0 Å². The monoisotopic (exact) mass is 325 g/mol. The molecule has 0 amide bonds. The Morgan fingerprint density at radius 2 is 1.90 bits per heavy atom. The minimum absolute atomic E-state index is 0. The predicted molar refractivity (Wildman–Crippen MR) is 80.7 cm³/mol. The summed E-state index contributed by atoms with van der Waals surface area (Å²) < 4.78 is 9.59. The van der Waals surface area contributed by atoms with Crippen molar-refractivity contribution in [2.24, 2.45) is 5.73 Å². The number of rotatable bonds is 7. The van der Waals surface area contributed by atoms with Crippen molar-refractivity contribution in [1.29, 1.82) is 0 Å². The Hall–Kier alpha value is -1.11. The molecule has 0 radical (unpaired) electrons. The molecule has 1 rings (SSSR count). The third-order valence-electron chi connectivity index (χ3n) is 2.70. The summed E-state index contributed by atoms with van der Waals surface area (Å²) >= 11 is 0. The minimum atomic E-state index is -0.243. The van der Waals surface area contributed by atoms with Crippen LogP contribution in [0, 0.1) is 0 Å². The van der Waals surface area contributed by atoms with E-state index in [4.69, 9.17) is 15.2 Å². The van der Waals surface area contributed by atoms with Gasteiger partial charge in [0.05, 0.1) is 20.6 Å². The zero-order chi connectivity index (χ0) is 13.4. The Balaban J connectivity index is 0. The minimum Gasteiger partial charge on any atom is -0.469 e. The molecule has 0 aliphatic carbocycles. The number of halogens is 2. The van der Waals surface area contributed by atoms with Gasteiger partial charge in [-0.15, -0.1) is 24.8 Å². The Labute approximate surface area is 131 Å². The normalized spacial score (nSPS) is 10.8. The van der Waals surface area contributed by atoms with Crippen LogP contribution in [0.2, 0.25) is 0 Å². The van der Waals surface area contributed by atoms with Crippen molar-refractivity contribution in [2.45, 2.75) is 25.2 Å². The van der Waals surface area contributed by atoms with E-state index in [2.05, 4.69) is 9.97 Å². The van der Waals surface area contributed by atoms with Crippen LogP contribution in [-0.2, 0) is 9.53 Å². The molecule has 0 spiro atoms. The number of esters is 1. The standard InChI is InChI=1S/C12H19N3O3.2ClH/c1-17-11(16)6-9(4-3-5-13)10-7-14-12(18-2)15-8-10;;/h7-9H,3-6,13H2,1-2H3;2*1H.